The first kappa shape index (κ1) is 14.6. The Labute approximate surface area is 114 Å². The second kappa shape index (κ2) is 4.61. The van der Waals surface area contributed by atoms with Crippen LogP contribution in [-0.2, 0) is 4.74 Å². The van der Waals surface area contributed by atoms with Crippen molar-refractivity contribution >= 4 is 6.09 Å². The summed E-state index contributed by atoms with van der Waals surface area (Å²) < 4.78 is 5.23. The number of carbonyl (C=O) groups excluding carboxylic acids is 1. The van der Waals surface area contributed by atoms with E-state index in [4.69, 9.17) is 4.74 Å². The summed E-state index contributed by atoms with van der Waals surface area (Å²) in [6.07, 6.45) is -0.419. The van der Waals surface area contributed by atoms with Crippen LogP contribution in [0.2, 0.25) is 0 Å². The smallest absolute Gasteiger partial charge is 0.407 e. The third-order valence-corrected chi connectivity index (χ3v) is 3.94. The molecule has 3 N–H and O–H groups in total. The van der Waals surface area contributed by atoms with Gasteiger partial charge in [0.2, 0.25) is 0 Å². The van der Waals surface area contributed by atoms with Crippen molar-refractivity contribution in [3.8, 4) is 0 Å². The second-order valence-electron chi connectivity index (χ2n) is 6.94. The lowest BCUT2D eigenvalue weighted by atomic mass is 9.63. The van der Waals surface area contributed by atoms with E-state index in [0.717, 1.165) is 13.1 Å². The highest BCUT2D eigenvalue weighted by Crippen LogP contribution is 2.41. The van der Waals surface area contributed by atoms with Crippen molar-refractivity contribution in [2.75, 3.05) is 39.8 Å². The van der Waals surface area contributed by atoms with E-state index in [2.05, 4.69) is 15.5 Å². The van der Waals surface area contributed by atoms with Crippen LogP contribution in [0.25, 0.3) is 0 Å². The van der Waals surface area contributed by atoms with E-state index in [-0.39, 0.29) is 5.41 Å². The van der Waals surface area contributed by atoms with Crippen LogP contribution in [0, 0.1) is 5.41 Å². The van der Waals surface area contributed by atoms with Crippen LogP contribution in [0.3, 0.4) is 0 Å². The summed E-state index contributed by atoms with van der Waals surface area (Å²) in [6.45, 7) is 8.73. The van der Waals surface area contributed by atoms with E-state index in [1.165, 1.54) is 0 Å². The van der Waals surface area contributed by atoms with Crippen LogP contribution < -0.4 is 10.6 Å². The maximum Gasteiger partial charge on any atom is 0.407 e. The molecule has 110 valence electrons. The Morgan fingerprint density at radius 2 is 2.00 bits per heavy atom. The normalized spacial score (nSPS) is 25.1. The SMILES string of the molecule is CN1CC(CNC(=O)OC(C)(C)C)(C2(O)CNC2)C1. The Bertz CT molecular complexity index is 355. The van der Waals surface area contributed by atoms with Crippen molar-refractivity contribution in [2.45, 2.75) is 32.0 Å². The number of amides is 1. The molecule has 2 aliphatic rings. The molecule has 2 rings (SSSR count). The average Bonchev–Trinajstić information content (AvgIpc) is 2.16. The van der Waals surface area contributed by atoms with Gasteiger partial charge in [-0.1, -0.05) is 0 Å². The van der Waals surface area contributed by atoms with Crippen molar-refractivity contribution in [3.05, 3.63) is 0 Å². The van der Waals surface area contributed by atoms with Gasteiger partial charge in [-0.3, -0.25) is 0 Å². The Kier molecular flexibility index (Phi) is 3.53. The fraction of sp³-hybridized carbons (Fsp3) is 0.923. The van der Waals surface area contributed by atoms with Gasteiger partial charge in [0.1, 0.15) is 5.60 Å². The quantitative estimate of drug-likeness (QED) is 0.662. The van der Waals surface area contributed by atoms with Gasteiger partial charge >= 0.3 is 6.09 Å². The predicted molar refractivity (Wildman–Crippen MR) is 72.0 cm³/mol. The van der Waals surface area contributed by atoms with Crippen molar-refractivity contribution in [2.24, 2.45) is 5.41 Å². The van der Waals surface area contributed by atoms with Gasteiger partial charge in [0, 0.05) is 38.1 Å². The molecule has 0 saturated carbocycles. The van der Waals surface area contributed by atoms with Crippen LogP contribution in [0.5, 0.6) is 0 Å². The first-order valence-electron chi connectivity index (χ1n) is 6.74. The molecule has 0 radical (unpaired) electrons. The molecule has 0 aromatic rings. The number of nitrogens with one attached hydrogen (secondary N) is 2. The monoisotopic (exact) mass is 271 g/mol. The largest absolute Gasteiger partial charge is 0.444 e. The van der Waals surface area contributed by atoms with Crippen LogP contribution in [0.4, 0.5) is 4.79 Å². The van der Waals surface area contributed by atoms with Crippen molar-refractivity contribution in [3.63, 3.8) is 0 Å². The first-order valence-corrected chi connectivity index (χ1v) is 6.74. The first-order chi connectivity index (χ1) is 8.66. The maximum atomic E-state index is 11.7. The highest BCUT2D eigenvalue weighted by Gasteiger charge is 2.59. The van der Waals surface area contributed by atoms with Gasteiger partial charge in [-0.2, -0.15) is 0 Å². The van der Waals surface area contributed by atoms with Crippen molar-refractivity contribution < 1.29 is 14.6 Å². The van der Waals surface area contributed by atoms with Gasteiger partial charge in [-0.05, 0) is 27.8 Å². The number of alkyl carbamates (subject to hydrolysis) is 1. The number of ether oxygens (including phenoxy) is 1. The minimum absolute atomic E-state index is 0.260. The van der Waals surface area contributed by atoms with Crippen LogP contribution in [-0.4, -0.2) is 67.1 Å². The van der Waals surface area contributed by atoms with Gasteiger partial charge in [-0.25, -0.2) is 4.79 Å². The second-order valence-corrected chi connectivity index (χ2v) is 6.94. The molecule has 1 amide bonds. The summed E-state index contributed by atoms with van der Waals surface area (Å²) >= 11 is 0. The summed E-state index contributed by atoms with van der Waals surface area (Å²) in [6, 6.07) is 0. The molecule has 0 aromatic carbocycles. The topological polar surface area (TPSA) is 73.8 Å². The molecule has 0 aliphatic carbocycles. The van der Waals surface area contributed by atoms with Gasteiger partial charge < -0.3 is 25.4 Å². The molecular formula is C13H25N3O3. The molecule has 2 saturated heterocycles. The molecule has 0 aromatic heterocycles. The van der Waals surface area contributed by atoms with Crippen LogP contribution >= 0.6 is 0 Å². The van der Waals surface area contributed by atoms with Crippen LogP contribution in [0.1, 0.15) is 20.8 Å². The summed E-state index contributed by atoms with van der Waals surface area (Å²) in [7, 11) is 2.02. The van der Waals surface area contributed by atoms with E-state index in [9.17, 15) is 9.90 Å². The minimum atomic E-state index is -0.714. The molecule has 6 nitrogen and oxygen atoms in total. The molecule has 6 heteroatoms. The number of nitrogens with zero attached hydrogens (tertiary/aromatic N) is 1. The number of hydrogen-bond acceptors (Lipinski definition) is 5. The minimum Gasteiger partial charge on any atom is -0.444 e. The standard InChI is InChI=1S/C13H25N3O3/c1-11(2,3)19-10(17)15-5-12(8-16(4)9-12)13(18)6-14-7-13/h14,18H,5-9H2,1-4H3,(H,15,17). The number of carbonyl (C=O) groups is 1. The molecule has 0 unspecified atom stereocenters. The zero-order valence-electron chi connectivity index (χ0n) is 12.2. The number of β-amino-alcohol motifs (C(OH)–C–C–N with tert-alkyl or cyclic N) is 1. The van der Waals surface area contributed by atoms with Crippen molar-refractivity contribution in [1.29, 1.82) is 0 Å². The average molecular weight is 271 g/mol. The molecule has 0 bridgehead atoms. The zero-order chi connectivity index (χ0) is 14.3. The fourth-order valence-electron chi connectivity index (χ4n) is 2.85. The lowest BCUT2D eigenvalue weighted by Crippen LogP contribution is -2.79. The van der Waals surface area contributed by atoms with E-state index >= 15 is 0 Å². The highest BCUT2D eigenvalue weighted by atomic mass is 16.6. The van der Waals surface area contributed by atoms with Crippen LogP contribution in [0.15, 0.2) is 0 Å². The summed E-state index contributed by atoms with van der Waals surface area (Å²) in [4.78, 5) is 13.9. The predicted octanol–water partition coefficient (Wildman–Crippen LogP) is -0.223. The Hall–Kier alpha value is -0.850. The van der Waals surface area contributed by atoms with Gasteiger partial charge in [-0.15, -0.1) is 0 Å². The van der Waals surface area contributed by atoms with E-state index < -0.39 is 17.3 Å². The molecule has 2 aliphatic heterocycles. The van der Waals surface area contributed by atoms with Gasteiger partial charge in [0.25, 0.3) is 0 Å². The molecular weight excluding hydrogens is 246 g/mol. The summed E-state index contributed by atoms with van der Waals surface area (Å²) in [5.74, 6) is 0. The van der Waals surface area contributed by atoms with Gasteiger partial charge in [0.05, 0.1) is 5.60 Å². The highest BCUT2D eigenvalue weighted by molar-refractivity contribution is 5.67. The zero-order valence-corrected chi connectivity index (χ0v) is 12.2. The number of likely N-dealkylation sites (tertiary alicyclic amines) is 1. The fourth-order valence-corrected chi connectivity index (χ4v) is 2.85. The molecule has 2 heterocycles. The van der Waals surface area contributed by atoms with E-state index in [1.807, 2.05) is 27.8 Å². The third-order valence-electron chi connectivity index (χ3n) is 3.94. The Balaban J connectivity index is 1.90. The third kappa shape index (κ3) is 2.85. The summed E-state index contributed by atoms with van der Waals surface area (Å²) in [5, 5.41) is 16.5. The number of rotatable bonds is 3. The molecule has 0 spiro atoms. The lowest BCUT2D eigenvalue weighted by molar-refractivity contribution is -0.177. The van der Waals surface area contributed by atoms with Crippen molar-refractivity contribution in [1.82, 2.24) is 15.5 Å². The molecule has 0 atom stereocenters. The number of hydrogen-bond donors (Lipinski definition) is 3. The maximum absolute atomic E-state index is 11.7. The Morgan fingerprint density at radius 1 is 1.42 bits per heavy atom. The van der Waals surface area contributed by atoms with E-state index in [0.29, 0.717) is 19.6 Å². The number of aliphatic hydroxyl groups is 1. The van der Waals surface area contributed by atoms with Gasteiger partial charge in [0.15, 0.2) is 0 Å². The lowest BCUT2D eigenvalue weighted by Gasteiger charge is -2.60. The molecule has 2 fully saturated rings. The molecule has 19 heavy (non-hydrogen) atoms. The Morgan fingerprint density at radius 3 is 2.37 bits per heavy atom. The van der Waals surface area contributed by atoms with E-state index in [1.54, 1.807) is 0 Å². The summed E-state index contributed by atoms with van der Waals surface area (Å²) in [5.41, 5.74) is -1.47.